The smallest absolute Gasteiger partial charge is 0.378 e. The van der Waals surface area contributed by atoms with Crippen molar-refractivity contribution < 1.29 is 27.1 Å². The quantitative estimate of drug-likeness (QED) is 0.573. The number of hydrogen-bond donors (Lipinski definition) is 1. The molecule has 0 unspecified atom stereocenters. The van der Waals surface area contributed by atoms with Crippen molar-refractivity contribution in [3.8, 4) is 11.3 Å². The Bertz CT molecular complexity index is 1150. The summed E-state index contributed by atoms with van der Waals surface area (Å²) in [5.41, 5.74) is -0.509. The zero-order valence-corrected chi connectivity index (χ0v) is 17.4. The Morgan fingerprint density at radius 1 is 1.06 bits per heavy atom. The molecule has 1 fully saturated rings. The molecule has 6 nitrogen and oxygen atoms in total. The van der Waals surface area contributed by atoms with E-state index >= 15 is 0 Å². The lowest BCUT2D eigenvalue weighted by atomic mass is 10.1. The molecule has 0 spiro atoms. The fourth-order valence-electron chi connectivity index (χ4n) is 3.54. The Labute approximate surface area is 187 Å². The Morgan fingerprint density at radius 2 is 1.76 bits per heavy atom. The van der Waals surface area contributed by atoms with Crippen molar-refractivity contribution in [2.75, 3.05) is 31.6 Å². The van der Waals surface area contributed by atoms with Gasteiger partial charge >= 0.3 is 6.18 Å². The molecule has 1 amide bonds. The van der Waals surface area contributed by atoms with Crippen LogP contribution in [-0.2, 0) is 17.5 Å². The van der Waals surface area contributed by atoms with Crippen LogP contribution in [-0.4, -0.2) is 47.1 Å². The second-order valence-electron chi connectivity index (χ2n) is 7.35. The maximum atomic E-state index is 14.6. The monoisotopic (exact) mass is 460 g/mol. The van der Waals surface area contributed by atoms with Gasteiger partial charge < -0.3 is 15.0 Å². The van der Waals surface area contributed by atoms with Gasteiger partial charge in [-0.2, -0.15) is 13.2 Å². The number of rotatable bonds is 5. The highest BCUT2D eigenvalue weighted by Crippen LogP contribution is 2.32. The molecule has 1 aliphatic rings. The summed E-state index contributed by atoms with van der Waals surface area (Å²) in [6.45, 7) is 1.33. The molecule has 1 aliphatic heterocycles. The van der Waals surface area contributed by atoms with Gasteiger partial charge in [0, 0.05) is 31.4 Å². The number of morpholine rings is 1. The Morgan fingerprint density at radius 3 is 2.48 bits per heavy atom. The van der Waals surface area contributed by atoms with Crippen molar-refractivity contribution in [2.24, 2.45) is 0 Å². The lowest BCUT2D eigenvalue weighted by Crippen LogP contribution is -2.41. The van der Waals surface area contributed by atoms with Gasteiger partial charge in [0.2, 0.25) is 5.95 Å². The maximum absolute atomic E-state index is 14.6. The first kappa shape index (κ1) is 22.7. The van der Waals surface area contributed by atoms with Crippen LogP contribution in [0.25, 0.3) is 11.3 Å². The molecule has 172 valence electrons. The number of ether oxygens (including phenoxy) is 1. The zero-order valence-electron chi connectivity index (χ0n) is 17.4. The lowest BCUT2D eigenvalue weighted by Gasteiger charge is -2.27. The van der Waals surface area contributed by atoms with Crippen molar-refractivity contribution in [1.82, 2.24) is 14.9 Å². The fourth-order valence-corrected chi connectivity index (χ4v) is 3.54. The number of carbonyl (C=O) groups is 1. The number of halogens is 4. The van der Waals surface area contributed by atoms with Crippen LogP contribution in [0.4, 0.5) is 23.5 Å². The van der Waals surface area contributed by atoms with Crippen LogP contribution >= 0.6 is 0 Å². The van der Waals surface area contributed by atoms with Gasteiger partial charge in [-0.1, -0.05) is 30.3 Å². The topological polar surface area (TPSA) is 67.4 Å². The van der Waals surface area contributed by atoms with E-state index in [2.05, 4.69) is 15.3 Å². The number of anilines is 1. The van der Waals surface area contributed by atoms with E-state index in [4.69, 9.17) is 4.74 Å². The number of amides is 1. The van der Waals surface area contributed by atoms with Crippen molar-refractivity contribution in [2.45, 2.75) is 12.7 Å². The third-order valence-corrected chi connectivity index (χ3v) is 5.21. The molecule has 4 rings (SSSR count). The standard InChI is InChI=1S/C23H20F4N4O2/c24-19-8-4-2-6-16(19)20-17(21(32)31-9-11-33-12-10-31)14-29-22(30-20)28-13-15-5-1-3-7-18(15)23(25,26)27/h1-8,14H,9-13H2,(H,28,29,30). The first-order chi connectivity index (χ1) is 15.8. The molecule has 1 aromatic heterocycles. The highest BCUT2D eigenvalue weighted by atomic mass is 19.4. The Balaban J connectivity index is 1.67. The highest BCUT2D eigenvalue weighted by molar-refractivity contribution is 6.00. The van der Waals surface area contributed by atoms with E-state index in [9.17, 15) is 22.4 Å². The van der Waals surface area contributed by atoms with E-state index in [-0.39, 0.29) is 40.8 Å². The van der Waals surface area contributed by atoms with Gasteiger partial charge in [-0.25, -0.2) is 14.4 Å². The number of carbonyl (C=O) groups excluding carboxylic acids is 1. The third-order valence-electron chi connectivity index (χ3n) is 5.21. The van der Waals surface area contributed by atoms with Crippen LogP contribution in [0.15, 0.2) is 54.7 Å². The normalized spacial score (nSPS) is 14.2. The molecule has 0 saturated carbocycles. The number of nitrogens with zero attached hydrogens (tertiary/aromatic N) is 3. The van der Waals surface area contributed by atoms with Crippen LogP contribution in [0.1, 0.15) is 21.5 Å². The van der Waals surface area contributed by atoms with E-state index in [0.717, 1.165) is 6.07 Å². The molecule has 2 aromatic carbocycles. The van der Waals surface area contributed by atoms with Crippen LogP contribution in [0.5, 0.6) is 0 Å². The average Bonchev–Trinajstić information content (AvgIpc) is 2.82. The molecular formula is C23H20F4N4O2. The first-order valence-corrected chi connectivity index (χ1v) is 10.2. The predicted molar refractivity (Wildman–Crippen MR) is 113 cm³/mol. The summed E-state index contributed by atoms with van der Waals surface area (Å²) in [6, 6.07) is 11.0. The summed E-state index contributed by atoms with van der Waals surface area (Å²) in [5, 5.41) is 2.76. The predicted octanol–water partition coefficient (Wildman–Crippen LogP) is 4.39. The summed E-state index contributed by atoms with van der Waals surface area (Å²) in [5.74, 6) is -0.977. The van der Waals surface area contributed by atoms with Crippen LogP contribution in [0.2, 0.25) is 0 Å². The maximum Gasteiger partial charge on any atom is 0.416 e. The summed E-state index contributed by atoms with van der Waals surface area (Å²) in [4.78, 5) is 23.1. The van der Waals surface area contributed by atoms with E-state index < -0.39 is 17.6 Å². The lowest BCUT2D eigenvalue weighted by molar-refractivity contribution is -0.138. The van der Waals surface area contributed by atoms with E-state index in [1.165, 1.54) is 42.6 Å². The van der Waals surface area contributed by atoms with Gasteiger partial charge in [-0.05, 0) is 23.8 Å². The van der Waals surface area contributed by atoms with Crippen molar-refractivity contribution in [1.29, 1.82) is 0 Å². The minimum atomic E-state index is -4.51. The van der Waals surface area contributed by atoms with Gasteiger partial charge in [-0.15, -0.1) is 0 Å². The van der Waals surface area contributed by atoms with Gasteiger partial charge in [0.15, 0.2) is 0 Å². The SMILES string of the molecule is O=C(c1cnc(NCc2ccccc2C(F)(F)F)nc1-c1ccccc1F)N1CCOCC1. The molecule has 10 heteroatoms. The van der Waals surface area contributed by atoms with Crippen molar-refractivity contribution in [3.63, 3.8) is 0 Å². The van der Waals surface area contributed by atoms with Gasteiger partial charge in [0.1, 0.15) is 5.82 Å². The molecule has 1 saturated heterocycles. The number of hydrogen-bond acceptors (Lipinski definition) is 5. The number of alkyl halides is 3. The molecular weight excluding hydrogens is 440 g/mol. The Hall–Kier alpha value is -3.53. The molecule has 2 heterocycles. The van der Waals surface area contributed by atoms with Gasteiger partial charge in [0.05, 0.1) is 30.0 Å². The summed E-state index contributed by atoms with van der Waals surface area (Å²) in [7, 11) is 0. The fraction of sp³-hybridized carbons (Fsp3) is 0.261. The summed E-state index contributed by atoms with van der Waals surface area (Å²) < 4.78 is 59.7. The second kappa shape index (κ2) is 9.53. The first-order valence-electron chi connectivity index (χ1n) is 10.2. The molecule has 0 radical (unpaired) electrons. The van der Waals surface area contributed by atoms with Crippen LogP contribution < -0.4 is 5.32 Å². The molecule has 1 N–H and O–H groups in total. The van der Waals surface area contributed by atoms with E-state index in [0.29, 0.717) is 26.3 Å². The largest absolute Gasteiger partial charge is 0.416 e. The van der Waals surface area contributed by atoms with Gasteiger partial charge in [-0.3, -0.25) is 4.79 Å². The Kier molecular flexibility index (Phi) is 6.55. The molecule has 3 aromatic rings. The van der Waals surface area contributed by atoms with Gasteiger partial charge in [0.25, 0.3) is 5.91 Å². The minimum absolute atomic E-state index is 0.00881. The van der Waals surface area contributed by atoms with E-state index in [1.54, 1.807) is 11.0 Å². The van der Waals surface area contributed by atoms with Crippen molar-refractivity contribution >= 4 is 11.9 Å². The molecule has 0 atom stereocenters. The highest BCUT2D eigenvalue weighted by Gasteiger charge is 2.33. The van der Waals surface area contributed by atoms with E-state index in [1.807, 2.05) is 0 Å². The number of aromatic nitrogens is 2. The second-order valence-corrected chi connectivity index (χ2v) is 7.35. The summed E-state index contributed by atoms with van der Waals surface area (Å²) >= 11 is 0. The summed E-state index contributed by atoms with van der Waals surface area (Å²) in [6.07, 6.45) is -3.24. The third kappa shape index (κ3) is 5.11. The number of nitrogens with one attached hydrogen (secondary N) is 1. The van der Waals surface area contributed by atoms with Crippen LogP contribution in [0, 0.1) is 5.82 Å². The zero-order chi connectivity index (χ0) is 23.4. The average molecular weight is 460 g/mol. The molecule has 33 heavy (non-hydrogen) atoms. The number of benzene rings is 2. The van der Waals surface area contributed by atoms with Crippen LogP contribution in [0.3, 0.4) is 0 Å². The minimum Gasteiger partial charge on any atom is -0.378 e. The molecule has 0 aliphatic carbocycles. The molecule has 0 bridgehead atoms. The van der Waals surface area contributed by atoms with Crippen molar-refractivity contribution in [3.05, 3.63) is 77.2 Å².